The molecule has 2 rings (SSSR count). The average molecular weight is 288 g/mol. The predicted octanol–water partition coefficient (Wildman–Crippen LogP) is 2.47. The van der Waals surface area contributed by atoms with Crippen molar-refractivity contribution in [3.8, 4) is 0 Å². The highest BCUT2D eigenvalue weighted by molar-refractivity contribution is 5.77. The molecule has 21 heavy (non-hydrogen) atoms. The number of carbonyl (C=O) groups excluding carboxylic acids is 2. The maximum atomic E-state index is 11.6. The highest BCUT2D eigenvalue weighted by Gasteiger charge is 2.32. The monoisotopic (exact) mass is 288 g/mol. The summed E-state index contributed by atoms with van der Waals surface area (Å²) in [5, 5.41) is 0. The molecule has 0 aromatic heterocycles. The second kappa shape index (κ2) is 6.74. The van der Waals surface area contributed by atoms with Crippen LogP contribution in [-0.2, 0) is 4.79 Å². The molecule has 1 atom stereocenters. The van der Waals surface area contributed by atoms with Crippen molar-refractivity contribution in [2.75, 3.05) is 18.0 Å². The Bertz CT molecular complexity index is 488. The smallest absolute Gasteiger partial charge is 0.221 e. The van der Waals surface area contributed by atoms with Crippen molar-refractivity contribution in [3.05, 3.63) is 29.8 Å². The number of nitrogens with zero attached hydrogens (tertiary/aromatic N) is 1. The van der Waals surface area contributed by atoms with E-state index < -0.39 is 0 Å². The number of nitrogens with two attached hydrogens (primary N) is 1. The fraction of sp³-hybridized carbons (Fsp3) is 0.529. The van der Waals surface area contributed by atoms with E-state index in [2.05, 4.69) is 18.7 Å². The summed E-state index contributed by atoms with van der Waals surface area (Å²) in [5.41, 5.74) is 7.40. The minimum Gasteiger partial charge on any atom is -0.372 e. The summed E-state index contributed by atoms with van der Waals surface area (Å²) in [6.07, 6.45) is 2.83. The van der Waals surface area contributed by atoms with E-state index in [1.165, 1.54) is 0 Å². The Hall–Kier alpha value is -1.84. The third-order valence-electron chi connectivity index (χ3n) is 4.49. The van der Waals surface area contributed by atoms with Gasteiger partial charge in [0.15, 0.2) is 0 Å². The number of piperidine rings is 1. The number of hydrogen-bond acceptors (Lipinski definition) is 3. The SMILES string of the molecule is CC(C)C(C(N)=O)C1CCN(c2ccc(C=O)cc2)CC1. The molecule has 0 aliphatic carbocycles. The van der Waals surface area contributed by atoms with Gasteiger partial charge in [-0.2, -0.15) is 0 Å². The molecule has 1 fully saturated rings. The molecule has 1 aliphatic rings. The van der Waals surface area contributed by atoms with Crippen LogP contribution in [0.3, 0.4) is 0 Å². The number of rotatable bonds is 5. The summed E-state index contributed by atoms with van der Waals surface area (Å²) in [6.45, 7) is 6.00. The summed E-state index contributed by atoms with van der Waals surface area (Å²) >= 11 is 0. The lowest BCUT2D eigenvalue weighted by Crippen LogP contribution is -2.41. The van der Waals surface area contributed by atoms with Crippen LogP contribution in [0.5, 0.6) is 0 Å². The van der Waals surface area contributed by atoms with Gasteiger partial charge < -0.3 is 10.6 Å². The Balaban J connectivity index is 1.98. The fourth-order valence-electron chi connectivity index (χ4n) is 3.39. The van der Waals surface area contributed by atoms with Crippen molar-refractivity contribution in [1.82, 2.24) is 0 Å². The van der Waals surface area contributed by atoms with Crippen molar-refractivity contribution >= 4 is 17.9 Å². The zero-order valence-corrected chi connectivity index (χ0v) is 12.8. The lowest BCUT2D eigenvalue weighted by Gasteiger charge is -2.37. The molecule has 0 saturated carbocycles. The first-order chi connectivity index (χ1) is 10.0. The van der Waals surface area contributed by atoms with Crippen LogP contribution in [0, 0.1) is 17.8 Å². The molecule has 4 heteroatoms. The Morgan fingerprint density at radius 1 is 1.24 bits per heavy atom. The molecule has 1 amide bonds. The van der Waals surface area contributed by atoms with Gasteiger partial charge in [0.1, 0.15) is 6.29 Å². The van der Waals surface area contributed by atoms with Gasteiger partial charge in [-0.1, -0.05) is 13.8 Å². The molecule has 114 valence electrons. The van der Waals surface area contributed by atoms with Gasteiger partial charge in [0.2, 0.25) is 5.91 Å². The Morgan fingerprint density at radius 2 is 1.81 bits per heavy atom. The van der Waals surface area contributed by atoms with E-state index in [1.54, 1.807) is 0 Å². The molecule has 1 unspecified atom stereocenters. The van der Waals surface area contributed by atoms with E-state index >= 15 is 0 Å². The van der Waals surface area contributed by atoms with Crippen LogP contribution >= 0.6 is 0 Å². The zero-order valence-electron chi connectivity index (χ0n) is 12.8. The van der Waals surface area contributed by atoms with Crippen molar-refractivity contribution in [2.24, 2.45) is 23.5 Å². The van der Waals surface area contributed by atoms with Crippen LogP contribution < -0.4 is 10.6 Å². The molecular weight excluding hydrogens is 264 g/mol. The van der Waals surface area contributed by atoms with Crippen LogP contribution in [0.25, 0.3) is 0 Å². The van der Waals surface area contributed by atoms with Gasteiger partial charge in [0, 0.05) is 30.3 Å². The molecular formula is C17H24N2O2. The topological polar surface area (TPSA) is 63.4 Å². The van der Waals surface area contributed by atoms with E-state index in [4.69, 9.17) is 5.73 Å². The Labute approximate surface area is 126 Å². The zero-order chi connectivity index (χ0) is 15.4. The maximum Gasteiger partial charge on any atom is 0.221 e. The van der Waals surface area contributed by atoms with Crippen molar-refractivity contribution in [1.29, 1.82) is 0 Å². The third-order valence-corrected chi connectivity index (χ3v) is 4.49. The fourth-order valence-corrected chi connectivity index (χ4v) is 3.39. The largest absolute Gasteiger partial charge is 0.372 e. The molecule has 0 spiro atoms. The number of primary amides is 1. The third kappa shape index (κ3) is 3.63. The first-order valence-electron chi connectivity index (χ1n) is 7.62. The van der Waals surface area contributed by atoms with Crippen molar-refractivity contribution in [2.45, 2.75) is 26.7 Å². The highest BCUT2D eigenvalue weighted by Crippen LogP contribution is 2.31. The summed E-state index contributed by atoms with van der Waals surface area (Å²) in [4.78, 5) is 24.6. The summed E-state index contributed by atoms with van der Waals surface area (Å²) < 4.78 is 0. The molecule has 1 saturated heterocycles. The molecule has 0 bridgehead atoms. The average Bonchev–Trinajstić information content (AvgIpc) is 2.47. The molecule has 2 N–H and O–H groups in total. The van der Waals surface area contributed by atoms with E-state index in [9.17, 15) is 9.59 Å². The van der Waals surface area contributed by atoms with Crippen LogP contribution in [0.4, 0.5) is 5.69 Å². The number of benzene rings is 1. The number of anilines is 1. The number of aldehydes is 1. The lowest BCUT2D eigenvalue weighted by atomic mass is 9.77. The van der Waals surface area contributed by atoms with Gasteiger partial charge in [-0.25, -0.2) is 0 Å². The van der Waals surface area contributed by atoms with Crippen LogP contribution in [-0.4, -0.2) is 25.3 Å². The molecule has 4 nitrogen and oxygen atoms in total. The van der Waals surface area contributed by atoms with Crippen LogP contribution in [0.15, 0.2) is 24.3 Å². The first kappa shape index (κ1) is 15.5. The molecule has 1 aliphatic heterocycles. The molecule has 0 radical (unpaired) electrons. The van der Waals surface area contributed by atoms with Gasteiger partial charge in [-0.3, -0.25) is 9.59 Å². The predicted molar refractivity (Wildman–Crippen MR) is 84.3 cm³/mol. The van der Waals surface area contributed by atoms with E-state index in [1.807, 2.05) is 24.3 Å². The summed E-state index contributed by atoms with van der Waals surface area (Å²) in [5.74, 6) is 0.488. The van der Waals surface area contributed by atoms with Gasteiger partial charge >= 0.3 is 0 Å². The Morgan fingerprint density at radius 3 is 2.24 bits per heavy atom. The van der Waals surface area contributed by atoms with Crippen LogP contribution in [0.2, 0.25) is 0 Å². The van der Waals surface area contributed by atoms with Gasteiger partial charge in [0.25, 0.3) is 0 Å². The number of amides is 1. The minimum atomic E-state index is -0.168. The van der Waals surface area contributed by atoms with Crippen molar-refractivity contribution in [3.63, 3.8) is 0 Å². The summed E-state index contributed by atoms with van der Waals surface area (Å²) in [6, 6.07) is 7.65. The lowest BCUT2D eigenvalue weighted by molar-refractivity contribution is -0.125. The molecule has 1 heterocycles. The second-order valence-electron chi connectivity index (χ2n) is 6.21. The van der Waals surface area contributed by atoms with Crippen LogP contribution in [0.1, 0.15) is 37.0 Å². The van der Waals surface area contributed by atoms with Crippen molar-refractivity contribution < 1.29 is 9.59 Å². The number of carbonyl (C=O) groups is 2. The minimum absolute atomic E-state index is 0.0235. The van der Waals surface area contributed by atoms with Gasteiger partial charge in [0.05, 0.1) is 0 Å². The maximum absolute atomic E-state index is 11.6. The van der Waals surface area contributed by atoms with E-state index in [-0.39, 0.29) is 11.8 Å². The highest BCUT2D eigenvalue weighted by atomic mass is 16.1. The van der Waals surface area contributed by atoms with Gasteiger partial charge in [-0.15, -0.1) is 0 Å². The van der Waals surface area contributed by atoms with E-state index in [0.29, 0.717) is 17.4 Å². The Kier molecular flexibility index (Phi) is 4.99. The quantitative estimate of drug-likeness (QED) is 0.847. The summed E-state index contributed by atoms with van der Waals surface area (Å²) in [7, 11) is 0. The standard InChI is InChI=1S/C17H24N2O2/c1-12(2)16(17(18)21)14-7-9-19(10-8-14)15-5-3-13(11-20)4-6-15/h3-6,11-12,14,16H,7-10H2,1-2H3,(H2,18,21). The van der Waals surface area contributed by atoms with Gasteiger partial charge in [-0.05, 0) is 48.9 Å². The molecule has 1 aromatic rings. The number of hydrogen-bond donors (Lipinski definition) is 1. The second-order valence-corrected chi connectivity index (χ2v) is 6.21. The normalized spacial score (nSPS) is 17.8. The van der Waals surface area contributed by atoms with E-state index in [0.717, 1.165) is 37.9 Å². The molecule has 1 aromatic carbocycles. The first-order valence-corrected chi connectivity index (χ1v) is 7.62.